The molecule has 0 aromatic carbocycles. The Morgan fingerprint density at radius 3 is 1.31 bits per heavy atom. The van der Waals surface area contributed by atoms with Crippen LogP contribution in [0.2, 0.25) is 0 Å². The molecule has 6 saturated heterocycles. The lowest BCUT2D eigenvalue weighted by Gasteiger charge is -2.38. The minimum Gasteiger partial charge on any atom is -0.348 e. The highest BCUT2D eigenvalue weighted by atomic mass is 16.8. The minimum atomic E-state index is -0.881. The molecule has 6 aliphatic heterocycles. The van der Waals surface area contributed by atoms with Crippen LogP contribution in [-0.4, -0.2) is 108 Å². The summed E-state index contributed by atoms with van der Waals surface area (Å²) in [6.45, 7) is 18.0. The molecule has 6 aliphatic rings. The van der Waals surface area contributed by atoms with E-state index in [2.05, 4.69) is 6.92 Å². The topological polar surface area (TPSA) is 113 Å². The summed E-state index contributed by atoms with van der Waals surface area (Å²) in [6.07, 6.45) is 5.20. The fourth-order valence-corrected chi connectivity index (χ4v) is 8.16. The molecule has 0 aliphatic carbocycles. The third kappa shape index (κ3) is 8.08. The number of rotatable bonds is 14. The van der Waals surface area contributed by atoms with Crippen molar-refractivity contribution in [1.82, 2.24) is 4.90 Å². The maximum atomic E-state index is 14.5. The van der Waals surface area contributed by atoms with Crippen LogP contribution in [0.3, 0.4) is 0 Å². The first-order valence-electron chi connectivity index (χ1n) is 18.6. The molecule has 0 saturated carbocycles. The minimum absolute atomic E-state index is 0.0822. The molecule has 12 heteroatoms. The fraction of sp³-hybridized carbons (Fsp3) is 0.972. The molecular weight excluding hydrogens is 622 g/mol. The van der Waals surface area contributed by atoms with E-state index in [4.69, 9.17) is 47.4 Å². The van der Waals surface area contributed by atoms with Crippen molar-refractivity contribution in [2.45, 2.75) is 211 Å². The molecule has 6 fully saturated rings. The Morgan fingerprint density at radius 2 is 0.917 bits per heavy atom. The molecule has 1 amide bonds. The second-order valence-electron chi connectivity index (χ2n) is 16.2. The van der Waals surface area contributed by atoms with Crippen LogP contribution in [0.25, 0.3) is 0 Å². The van der Waals surface area contributed by atoms with E-state index in [-0.39, 0.29) is 5.91 Å². The summed E-state index contributed by atoms with van der Waals surface area (Å²) in [7, 11) is 0. The van der Waals surface area contributed by atoms with Gasteiger partial charge in [0, 0.05) is 6.42 Å². The summed E-state index contributed by atoms with van der Waals surface area (Å²) in [5, 5.41) is 0. The van der Waals surface area contributed by atoms with Crippen molar-refractivity contribution in [3.8, 4) is 0 Å². The Hall–Kier alpha value is -0.930. The lowest BCUT2D eigenvalue weighted by atomic mass is 10.0. The van der Waals surface area contributed by atoms with E-state index in [1.807, 2.05) is 55.4 Å². The fourth-order valence-electron chi connectivity index (χ4n) is 8.16. The molecule has 276 valence electrons. The quantitative estimate of drug-likeness (QED) is 0.216. The van der Waals surface area contributed by atoms with Gasteiger partial charge in [-0.05, 0) is 61.8 Å². The Kier molecular flexibility index (Phi) is 10.9. The third-order valence-electron chi connectivity index (χ3n) is 10.3. The Balaban J connectivity index is 1.23. The number of hydrogen-bond acceptors (Lipinski definition) is 11. The van der Waals surface area contributed by atoms with Crippen LogP contribution in [0, 0.1) is 0 Å². The summed E-state index contributed by atoms with van der Waals surface area (Å²) < 4.78 is 63.9. The number of ether oxygens (including phenoxy) is 10. The second kappa shape index (κ2) is 14.2. The Bertz CT molecular complexity index is 1050. The zero-order valence-electron chi connectivity index (χ0n) is 30.7. The van der Waals surface area contributed by atoms with Crippen LogP contribution in [-0.2, 0) is 52.2 Å². The van der Waals surface area contributed by atoms with E-state index >= 15 is 0 Å². The standard InChI is InChI=1S/C36H61NO11/c1-10-11-12-13-14-15-16-17-18-19-24(38)37(31-29-27(45-35(6,7)47-29)25(41-31)22-20-39-33(2,3)43-22)32-30-28(46-36(8,9)48-30)26(42-32)23-21-40-34(4,5)44-23/h22-23,25-32H,10-21H2,1-9H3/t22-,23-,25-,26-,27+,28+,29+,30+,31+,32+/m1/s1. The SMILES string of the molecule is CCCCCCCCCCCC(=O)N([C@H]1O[C@H]([C@H]2COC(C)(C)O2)[C@@H]2OC(C)(C)O[C@@H]21)[C@H]1O[C@H]([C@H]2COC(C)(C)O2)[C@@H]2OC(C)(C)O[C@@H]21. The van der Waals surface area contributed by atoms with Crippen LogP contribution in [0.15, 0.2) is 0 Å². The molecule has 12 nitrogen and oxygen atoms in total. The largest absolute Gasteiger partial charge is 0.348 e. The molecule has 0 radical (unpaired) electrons. The van der Waals surface area contributed by atoms with Gasteiger partial charge in [0.1, 0.15) is 48.8 Å². The highest BCUT2D eigenvalue weighted by molar-refractivity contribution is 5.77. The van der Waals surface area contributed by atoms with Gasteiger partial charge in [0.2, 0.25) is 5.91 Å². The normalized spacial score (nSPS) is 40.4. The first kappa shape index (κ1) is 36.8. The maximum absolute atomic E-state index is 14.5. The number of carbonyl (C=O) groups excluding carboxylic acids is 1. The predicted molar refractivity (Wildman–Crippen MR) is 173 cm³/mol. The van der Waals surface area contributed by atoms with Crippen LogP contribution in [0.5, 0.6) is 0 Å². The maximum Gasteiger partial charge on any atom is 0.226 e. The molecular formula is C36H61NO11. The highest BCUT2D eigenvalue weighted by Gasteiger charge is 2.66. The van der Waals surface area contributed by atoms with Gasteiger partial charge in [0.05, 0.1) is 13.2 Å². The predicted octanol–water partition coefficient (Wildman–Crippen LogP) is 5.53. The summed E-state index contributed by atoms with van der Waals surface area (Å²) in [5.41, 5.74) is 0. The Labute approximate surface area is 287 Å². The van der Waals surface area contributed by atoms with E-state index in [0.29, 0.717) is 19.6 Å². The van der Waals surface area contributed by atoms with E-state index in [1.54, 1.807) is 4.90 Å². The monoisotopic (exact) mass is 683 g/mol. The number of unbranched alkanes of at least 4 members (excludes halogenated alkanes) is 8. The molecule has 0 spiro atoms. The van der Waals surface area contributed by atoms with Crippen molar-refractivity contribution in [3.05, 3.63) is 0 Å². The number of nitrogens with zero attached hydrogens (tertiary/aromatic N) is 1. The van der Waals surface area contributed by atoms with E-state index in [9.17, 15) is 4.79 Å². The Morgan fingerprint density at radius 1 is 0.521 bits per heavy atom. The van der Waals surface area contributed by atoms with Crippen molar-refractivity contribution in [2.24, 2.45) is 0 Å². The number of fused-ring (bicyclic) bond motifs is 2. The molecule has 0 aromatic rings. The average Bonchev–Trinajstić information content (AvgIpc) is 3.81. The lowest BCUT2D eigenvalue weighted by molar-refractivity contribution is -0.257. The molecule has 10 atom stereocenters. The van der Waals surface area contributed by atoms with E-state index in [1.165, 1.54) is 38.5 Å². The smallest absolute Gasteiger partial charge is 0.226 e. The van der Waals surface area contributed by atoms with Gasteiger partial charge < -0.3 is 47.4 Å². The van der Waals surface area contributed by atoms with Gasteiger partial charge in [-0.15, -0.1) is 0 Å². The second-order valence-corrected chi connectivity index (χ2v) is 16.2. The zero-order chi connectivity index (χ0) is 34.5. The van der Waals surface area contributed by atoms with Crippen LogP contribution in [0.1, 0.15) is 127 Å². The van der Waals surface area contributed by atoms with E-state index in [0.717, 1.165) is 19.3 Å². The van der Waals surface area contributed by atoms with Crippen LogP contribution in [0.4, 0.5) is 0 Å². The molecule has 6 rings (SSSR count). The summed E-state index contributed by atoms with van der Waals surface area (Å²) >= 11 is 0. The van der Waals surface area contributed by atoms with Gasteiger partial charge in [0.15, 0.2) is 35.6 Å². The lowest BCUT2D eigenvalue weighted by Crippen LogP contribution is -2.56. The molecule has 0 aromatic heterocycles. The third-order valence-corrected chi connectivity index (χ3v) is 10.3. The first-order chi connectivity index (χ1) is 22.6. The molecule has 0 N–H and O–H groups in total. The van der Waals surface area contributed by atoms with Gasteiger partial charge in [-0.1, -0.05) is 58.3 Å². The summed E-state index contributed by atoms with van der Waals surface area (Å²) in [6, 6.07) is 0. The number of amides is 1. The van der Waals surface area contributed by atoms with Gasteiger partial charge >= 0.3 is 0 Å². The number of carbonyl (C=O) groups is 1. The number of hydrogen-bond donors (Lipinski definition) is 0. The van der Waals surface area contributed by atoms with Crippen LogP contribution >= 0.6 is 0 Å². The first-order valence-corrected chi connectivity index (χ1v) is 18.6. The molecule has 6 heterocycles. The summed E-state index contributed by atoms with van der Waals surface area (Å²) in [5.74, 6) is -3.36. The average molecular weight is 684 g/mol. The van der Waals surface area contributed by atoms with Gasteiger partial charge in [-0.3, -0.25) is 9.69 Å². The molecule has 0 bridgehead atoms. The van der Waals surface area contributed by atoms with Crippen molar-refractivity contribution < 1.29 is 52.2 Å². The van der Waals surface area contributed by atoms with Gasteiger partial charge in [-0.25, -0.2) is 0 Å². The van der Waals surface area contributed by atoms with Crippen LogP contribution < -0.4 is 0 Å². The van der Waals surface area contributed by atoms with Crippen molar-refractivity contribution in [2.75, 3.05) is 13.2 Å². The zero-order valence-corrected chi connectivity index (χ0v) is 30.7. The summed E-state index contributed by atoms with van der Waals surface area (Å²) in [4.78, 5) is 16.3. The van der Waals surface area contributed by atoms with Gasteiger partial charge in [-0.2, -0.15) is 0 Å². The highest BCUT2D eigenvalue weighted by Crippen LogP contribution is 2.48. The van der Waals surface area contributed by atoms with Gasteiger partial charge in [0.25, 0.3) is 0 Å². The van der Waals surface area contributed by atoms with Crippen molar-refractivity contribution >= 4 is 5.91 Å². The molecule has 48 heavy (non-hydrogen) atoms. The van der Waals surface area contributed by atoms with Crippen molar-refractivity contribution in [1.29, 1.82) is 0 Å². The van der Waals surface area contributed by atoms with E-state index < -0.39 is 84.4 Å². The molecule has 0 unspecified atom stereocenters. The van der Waals surface area contributed by atoms with Crippen molar-refractivity contribution in [3.63, 3.8) is 0 Å².